The summed E-state index contributed by atoms with van der Waals surface area (Å²) in [6.45, 7) is 5.01. The molecule has 3 rings (SSSR count). The first kappa shape index (κ1) is 15.3. The molecule has 118 valence electrons. The lowest BCUT2D eigenvalue weighted by Gasteiger charge is -2.33. The van der Waals surface area contributed by atoms with Gasteiger partial charge in [0.25, 0.3) is 0 Å². The Bertz CT molecular complexity index is 718. The molecule has 5 nitrogen and oxygen atoms in total. The molecule has 1 aromatic heterocycles. The third-order valence-corrected chi connectivity index (χ3v) is 6.06. The van der Waals surface area contributed by atoms with Crippen LogP contribution in [0.5, 0.6) is 0 Å². The van der Waals surface area contributed by atoms with Crippen LogP contribution in [0.2, 0.25) is 0 Å². The van der Waals surface area contributed by atoms with Gasteiger partial charge in [-0.2, -0.15) is 4.31 Å². The Hall–Kier alpha value is -1.63. The second-order valence-electron chi connectivity index (χ2n) is 5.53. The quantitative estimate of drug-likeness (QED) is 0.866. The Morgan fingerprint density at radius 2 is 1.77 bits per heavy atom. The van der Waals surface area contributed by atoms with Gasteiger partial charge in [0.2, 0.25) is 10.0 Å². The van der Waals surface area contributed by atoms with E-state index in [2.05, 4.69) is 4.90 Å². The highest BCUT2D eigenvalue weighted by Crippen LogP contribution is 2.21. The van der Waals surface area contributed by atoms with E-state index in [1.54, 1.807) is 22.7 Å². The van der Waals surface area contributed by atoms with E-state index in [0.717, 1.165) is 17.9 Å². The van der Waals surface area contributed by atoms with Crippen molar-refractivity contribution in [3.05, 3.63) is 54.0 Å². The van der Waals surface area contributed by atoms with Crippen molar-refractivity contribution in [3.8, 4) is 0 Å². The maximum atomic E-state index is 12.7. The maximum absolute atomic E-state index is 12.7. The van der Waals surface area contributed by atoms with Crippen molar-refractivity contribution in [2.45, 2.75) is 18.4 Å². The van der Waals surface area contributed by atoms with E-state index in [4.69, 9.17) is 4.42 Å². The minimum absolute atomic E-state index is 0.412. The lowest BCUT2D eigenvalue weighted by Crippen LogP contribution is -2.48. The molecular weight excluding hydrogens is 300 g/mol. The van der Waals surface area contributed by atoms with Gasteiger partial charge in [0.05, 0.1) is 17.7 Å². The first-order chi connectivity index (χ1) is 10.6. The minimum Gasteiger partial charge on any atom is -0.468 e. The number of piperazine rings is 1. The minimum atomic E-state index is -3.39. The molecule has 1 aliphatic heterocycles. The Kier molecular flexibility index (Phi) is 4.33. The zero-order valence-corrected chi connectivity index (χ0v) is 13.4. The molecule has 0 unspecified atom stereocenters. The average molecular weight is 320 g/mol. The molecule has 1 fully saturated rings. The number of hydrogen-bond acceptors (Lipinski definition) is 4. The predicted molar refractivity (Wildman–Crippen MR) is 83.9 cm³/mol. The standard InChI is InChI=1S/C16H20N2O3S/c1-14-5-2-3-7-16(14)22(19,20)18-10-8-17(9-11-18)13-15-6-4-12-21-15/h2-7,12H,8-11,13H2,1H3. The Labute approximate surface area is 131 Å². The Balaban J connectivity index is 1.67. The average Bonchev–Trinajstić information content (AvgIpc) is 3.01. The fourth-order valence-corrected chi connectivity index (χ4v) is 4.38. The molecule has 1 aromatic carbocycles. The summed E-state index contributed by atoms with van der Waals surface area (Å²) in [5.41, 5.74) is 0.792. The van der Waals surface area contributed by atoms with Gasteiger partial charge >= 0.3 is 0 Å². The fourth-order valence-electron chi connectivity index (χ4n) is 2.74. The van der Waals surface area contributed by atoms with Crippen molar-refractivity contribution >= 4 is 10.0 Å². The number of hydrogen-bond donors (Lipinski definition) is 0. The summed E-state index contributed by atoms with van der Waals surface area (Å²) in [7, 11) is -3.39. The third-order valence-electron chi connectivity index (χ3n) is 4.00. The number of sulfonamides is 1. The number of benzene rings is 1. The molecule has 6 heteroatoms. The highest BCUT2D eigenvalue weighted by atomic mass is 32.2. The van der Waals surface area contributed by atoms with Gasteiger partial charge in [0.15, 0.2) is 0 Å². The van der Waals surface area contributed by atoms with Gasteiger partial charge in [-0.25, -0.2) is 8.42 Å². The maximum Gasteiger partial charge on any atom is 0.243 e. The molecule has 2 heterocycles. The summed E-state index contributed by atoms with van der Waals surface area (Å²) in [5, 5.41) is 0. The molecule has 22 heavy (non-hydrogen) atoms. The topological polar surface area (TPSA) is 53.8 Å². The van der Waals surface area contributed by atoms with E-state index in [1.807, 2.05) is 31.2 Å². The van der Waals surface area contributed by atoms with Gasteiger partial charge in [0, 0.05) is 26.2 Å². The molecule has 0 spiro atoms. The summed E-state index contributed by atoms with van der Waals surface area (Å²) < 4.78 is 32.4. The zero-order valence-electron chi connectivity index (χ0n) is 12.6. The monoisotopic (exact) mass is 320 g/mol. The fraction of sp³-hybridized carbons (Fsp3) is 0.375. The van der Waals surface area contributed by atoms with Crippen LogP contribution in [-0.4, -0.2) is 43.8 Å². The first-order valence-corrected chi connectivity index (χ1v) is 8.82. The van der Waals surface area contributed by atoms with Crippen LogP contribution in [0.1, 0.15) is 11.3 Å². The Morgan fingerprint density at radius 1 is 1.05 bits per heavy atom. The van der Waals surface area contributed by atoms with Crippen LogP contribution in [-0.2, 0) is 16.6 Å². The SMILES string of the molecule is Cc1ccccc1S(=O)(=O)N1CCN(Cc2ccco2)CC1. The van der Waals surface area contributed by atoms with Crippen molar-refractivity contribution < 1.29 is 12.8 Å². The highest BCUT2D eigenvalue weighted by Gasteiger charge is 2.29. The second-order valence-corrected chi connectivity index (χ2v) is 7.43. The molecule has 0 saturated carbocycles. The van der Waals surface area contributed by atoms with Crippen molar-refractivity contribution in [1.82, 2.24) is 9.21 Å². The van der Waals surface area contributed by atoms with E-state index in [-0.39, 0.29) is 0 Å². The van der Waals surface area contributed by atoms with Crippen LogP contribution in [0, 0.1) is 6.92 Å². The molecule has 2 aromatic rings. The van der Waals surface area contributed by atoms with Crippen molar-refractivity contribution in [3.63, 3.8) is 0 Å². The van der Waals surface area contributed by atoms with Gasteiger partial charge in [-0.15, -0.1) is 0 Å². The van der Waals surface area contributed by atoms with Gasteiger partial charge in [-0.1, -0.05) is 18.2 Å². The van der Waals surface area contributed by atoms with Crippen LogP contribution in [0.3, 0.4) is 0 Å². The van der Waals surface area contributed by atoms with E-state index < -0.39 is 10.0 Å². The molecule has 0 N–H and O–H groups in total. The second kappa shape index (κ2) is 6.24. The van der Waals surface area contributed by atoms with Crippen LogP contribution < -0.4 is 0 Å². The molecule has 0 aliphatic carbocycles. The summed E-state index contributed by atoms with van der Waals surface area (Å²) >= 11 is 0. The third kappa shape index (κ3) is 3.09. The normalized spacial score (nSPS) is 17.7. The van der Waals surface area contributed by atoms with Crippen molar-refractivity contribution in [1.29, 1.82) is 0 Å². The number of furan rings is 1. The largest absolute Gasteiger partial charge is 0.468 e. The van der Waals surface area contributed by atoms with E-state index in [0.29, 0.717) is 31.1 Å². The van der Waals surface area contributed by atoms with E-state index >= 15 is 0 Å². The number of rotatable bonds is 4. The molecule has 0 radical (unpaired) electrons. The zero-order chi connectivity index (χ0) is 15.6. The lowest BCUT2D eigenvalue weighted by atomic mass is 10.2. The van der Waals surface area contributed by atoms with Crippen molar-refractivity contribution in [2.24, 2.45) is 0 Å². The predicted octanol–water partition coefficient (Wildman–Crippen LogP) is 2.09. The summed E-state index contributed by atoms with van der Waals surface area (Å²) in [4.78, 5) is 2.62. The first-order valence-electron chi connectivity index (χ1n) is 7.38. The van der Waals surface area contributed by atoms with Crippen LogP contribution in [0.15, 0.2) is 52.0 Å². The van der Waals surface area contributed by atoms with Gasteiger partial charge in [-0.3, -0.25) is 4.90 Å². The van der Waals surface area contributed by atoms with Crippen molar-refractivity contribution in [2.75, 3.05) is 26.2 Å². The highest BCUT2D eigenvalue weighted by molar-refractivity contribution is 7.89. The summed E-state index contributed by atoms with van der Waals surface area (Å²) in [6, 6.07) is 11.0. The molecule has 1 aliphatic rings. The summed E-state index contributed by atoms with van der Waals surface area (Å²) in [6.07, 6.45) is 1.66. The number of aryl methyl sites for hydroxylation is 1. The van der Waals surface area contributed by atoms with Crippen LogP contribution in [0.25, 0.3) is 0 Å². The smallest absolute Gasteiger partial charge is 0.243 e. The van der Waals surface area contributed by atoms with Gasteiger partial charge < -0.3 is 4.42 Å². The number of nitrogens with zero attached hydrogens (tertiary/aromatic N) is 2. The summed E-state index contributed by atoms with van der Waals surface area (Å²) in [5.74, 6) is 0.912. The van der Waals surface area contributed by atoms with E-state index in [9.17, 15) is 8.42 Å². The molecule has 0 amide bonds. The Morgan fingerprint density at radius 3 is 2.41 bits per heavy atom. The van der Waals surface area contributed by atoms with Crippen LogP contribution >= 0.6 is 0 Å². The molecule has 0 bridgehead atoms. The van der Waals surface area contributed by atoms with Crippen LogP contribution in [0.4, 0.5) is 0 Å². The van der Waals surface area contributed by atoms with E-state index in [1.165, 1.54) is 0 Å². The lowest BCUT2D eigenvalue weighted by molar-refractivity contribution is 0.171. The molecule has 0 atom stereocenters. The van der Waals surface area contributed by atoms with Gasteiger partial charge in [-0.05, 0) is 30.7 Å². The molecule has 1 saturated heterocycles. The van der Waals surface area contributed by atoms with Gasteiger partial charge in [0.1, 0.15) is 5.76 Å². The molecular formula is C16H20N2O3S.